The minimum atomic E-state index is -3.68. The summed E-state index contributed by atoms with van der Waals surface area (Å²) in [6.07, 6.45) is 1.32. The molecule has 1 aromatic heterocycles. The minimum absolute atomic E-state index is 0.00309. The summed E-state index contributed by atoms with van der Waals surface area (Å²) in [6, 6.07) is 7.48. The predicted molar refractivity (Wildman–Crippen MR) is 81.0 cm³/mol. The summed E-state index contributed by atoms with van der Waals surface area (Å²) < 4.78 is 28.4. The van der Waals surface area contributed by atoms with Gasteiger partial charge in [-0.05, 0) is 17.7 Å². The van der Waals surface area contributed by atoms with E-state index in [0.29, 0.717) is 0 Å². The molecule has 0 radical (unpaired) electrons. The summed E-state index contributed by atoms with van der Waals surface area (Å²) in [6.45, 7) is 0.253. The Bertz CT molecular complexity index is 711. The molecule has 0 aliphatic carbocycles. The van der Waals surface area contributed by atoms with Crippen LogP contribution in [0, 0.1) is 0 Å². The molecule has 0 saturated carbocycles. The van der Waals surface area contributed by atoms with Gasteiger partial charge in [0, 0.05) is 25.1 Å². The fraction of sp³-hybridized carbons (Fsp3) is 0.250. The average Bonchev–Trinajstić information content (AvgIpc) is 2.69. The second-order valence-electron chi connectivity index (χ2n) is 4.31. The number of sulfonamides is 1. The van der Waals surface area contributed by atoms with E-state index in [1.165, 1.54) is 22.2 Å². The van der Waals surface area contributed by atoms with Crippen molar-refractivity contribution < 1.29 is 8.42 Å². The number of hydrogen-bond donors (Lipinski definition) is 0. The zero-order valence-electron chi connectivity index (χ0n) is 10.9. The smallest absolute Gasteiger partial charge is 0.255 e. The molecule has 0 atom stereocenters. The van der Waals surface area contributed by atoms with Crippen LogP contribution in [0.3, 0.4) is 0 Å². The Hall–Kier alpha value is -0.890. The van der Waals surface area contributed by atoms with Crippen molar-refractivity contribution in [3.05, 3.63) is 45.5 Å². The van der Waals surface area contributed by atoms with Crippen LogP contribution in [0.5, 0.6) is 0 Å². The summed E-state index contributed by atoms with van der Waals surface area (Å²) in [7, 11) is -0.621. The van der Waals surface area contributed by atoms with Crippen LogP contribution in [-0.4, -0.2) is 29.6 Å². The molecule has 1 aromatic carbocycles. The van der Waals surface area contributed by atoms with Crippen molar-refractivity contribution in [3.63, 3.8) is 0 Å². The van der Waals surface area contributed by atoms with Gasteiger partial charge in [0.15, 0.2) is 5.03 Å². The van der Waals surface area contributed by atoms with Crippen molar-refractivity contribution in [1.29, 1.82) is 0 Å². The third kappa shape index (κ3) is 3.06. The molecular formula is C12H13BrClN3O2S. The molecule has 1 heterocycles. The van der Waals surface area contributed by atoms with Crippen LogP contribution in [-0.2, 0) is 23.6 Å². The SMILES string of the molecule is CN(Cc1cccc(Br)c1)S(=O)(=O)c1c(Cl)cnn1C. The maximum Gasteiger partial charge on any atom is 0.261 e. The average molecular weight is 379 g/mol. The van der Waals surface area contributed by atoms with Crippen molar-refractivity contribution in [2.45, 2.75) is 11.6 Å². The number of aryl methyl sites for hydroxylation is 1. The summed E-state index contributed by atoms with van der Waals surface area (Å²) >= 11 is 9.27. The molecule has 0 unspecified atom stereocenters. The van der Waals surface area contributed by atoms with Gasteiger partial charge in [0.25, 0.3) is 10.0 Å². The monoisotopic (exact) mass is 377 g/mol. The highest BCUT2D eigenvalue weighted by molar-refractivity contribution is 9.10. The fourth-order valence-electron chi connectivity index (χ4n) is 1.81. The lowest BCUT2D eigenvalue weighted by Crippen LogP contribution is -2.28. The first-order valence-corrected chi connectivity index (χ1v) is 8.32. The zero-order valence-corrected chi connectivity index (χ0v) is 14.1. The van der Waals surface area contributed by atoms with Crippen LogP contribution in [0.25, 0.3) is 0 Å². The van der Waals surface area contributed by atoms with Gasteiger partial charge in [-0.15, -0.1) is 0 Å². The minimum Gasteiger partial charge on any atom is -0.255 e. The van der Waals surface area contributed by atoms with Gasteiger partial charge >= 0.3 is 0 Å². The van der Waals surface area contributed by atoms with Crippen molar-refractivity contribution in [3.8, 4) is 0 Å². The quantitative estimate of drug-likeness (QED) is 0.822. The number of nitrogens with zero attached hydrogens (tertiary/aromatic N) is 3. The highest BCUT2D eigenvalue weighted by Crippen LogP contribution is 2.24. The number of benzene rings is 1. The molecule has 8 heteroatoms. The lowest BCUT2D eigenvalue weighted by atomic mass is 10.2. The Morgan fingerprint density at radius 1 is 1.45 bits per heavy atom. The van der Waals surface area contributed by atoms with Gasteiger partial charge in [0.1, 0.15) is 0 Å². The summed E-state index contributed by atoms with van der Waals surface area (Å²) in [5.74, 6) is 0. The molecule has 0 fully saturated rings. The second-order valence-corrected chi connectivity index (χ2v) is 7.60. The molecule has 0 aliphatic heterocycles. The first-order chi connectivity index (χ1) is 9.32. The Balaban J connectivity index is 2.31. The maximum absolute atomic E-state index is 12.5. The van der Waals surface area contributed by atoms with E-state index in [-0.39, 0.29) is 16.6 Å². The first kappa shape index (κ1) is 15.5. The highest BCUT2D eigenvalue weighted by Gasteiger charge is 2.27. The fourth-order valence-corrected chi connectivity index (χ4v) is 4.01. The van der Waals surface area contributed by atoms with E-state index >= 15 is 0 Å². The Morgan fingerprint density at radius 3 is 2.70 bits per heavy atom. The third-order valence-electron chi connectivity index (χ3n) is 2.79. The van der Waals surface area contributed by atoms with Crippen LogP contribution in [0.4, 0.5) is 0 Å². The third-order valence-corrected chi connectivity index (χ3v) is 5.60. The molecule has 0 aliphatic rings. The molecule has 108 valence electrons. The number of hydrogen-bond acceptors (Lipinski definition) is 3. The van der Waals surface area contributed by atoms with Crippen LogP contribution >= 0.6 is 27.5 Å². The van der Waals surface area contributed by atoms with Gasteiger partial charge in [-0.1, -0.05) is 39.7 Å². The van der Waals surface area contributed by atoms with Gasteiger partial charge in [0.05, 0.1) is 11.2 Å². The highest BCUT2D eigenvalue weighted by atomic mass is 79.9. The van der Waals surface area contributed by atoms with Crippen LogP contribution in [0.1, 0.15) is 5.56 Å². The van der Waals surface area contributed by atoms with E-state index in [0.717, 1.165) is 10.0 Å². The molecule has 20 heavy (non-hydrogen) atoms. The van der Waals surface area contributed by atoms with Crippen molar-refractivity contribution in [2.24, 2.45) is 7.05 Å². The van der Waals surface area contributed by atoms with Crippen LogP contribution < -0.4 is 0 Å². The normalized spacial score (nSPS) is 12.1. The number of halogens is 2. The Kier molecular flexibility index (Phi) is 4.53. The van der Waals surface area contributed by atoms with E-state index in [4.69, 9.17) is 11.6 Å². The zero-order chi connectivity index (χ0) is 14.9. The van der Waals surface area contributed by atoms with Crippen LogP contribution in [0.2, 0.25) is 5.02 Å². The molecule has 0 spiro atoms. The van der Waals surface area contributed by atoms with Gasteiger partial charge in [0.2, 0.25) is 0 Å². The lowest BCUT2D eigenvalue weighted by Gasteiger charge is -2.17. The molecule has 2 rings (SSSR count). The molecule has 0 saturated heterocycles. The number of aromatic nitrogens is 2. The van der Waals surface area contributed by atoms with Gasteiger partial charge in [-0.2, -0.15) is 9.40 Å². The molecule has 0 N–H and O–H groups in total. The summed E-state index contributed by atoms with van der Waals surface area (Å²) in [5.41, 5.74) is 0.878. The standard InChI is InChI=1S/C12H13BrClN3O2S/c1-16(8-9-4-3-5-10(13)6-9)20(18,19)12-11(14)7-15-17(12)2/h3-7H,8H2,1-2H3. The lowest BCUT2D eigenvalue weighted by molar-refractivity contribution is 0.457. The van der Waals surface area contributed by atoms with Gasteiger partial charge in [-0.25, -0.2) is 8.42 Å². The Labute approximate surface area is 131 Å². The Morgan fingerprint density at radius 2 is 2.15 bits per heavy atom. The summed E-state index contributed by atoms with van der Waals surface area (Å²) in [4.78, 5) is 0. The van der Waals surface area contributed by atoms with E-state index in [1.807, 2.05) is 24.3 Å². The van der Waals surface area contributed by atoms with E-state index in [9.17, 15) is 8.42 Å². The van der Waals surface area contributed by atoms with E-state index in [1.54, 1.807) is 7.05 Å². The molecule has 2 aromatic rings. The van der Waals surface area contributed by atoms with E-state index < -0.39 is 10.0 Å². The largest absolute Gasteiger partial charge is 0.261 e. The summed E-state index contributed by atoms with van der Waals surface area (Å²) in [5, 5.41) is 3.97. The molecule has 5 nitrogen and oxygen atoms in total. The molecular weight excluding hydrogens is 366 g/mol. The first-order valence-electron chi connectivity index (χ1n) is 5.70. The van der Waals surface area contributed by atoms with E-state index in [2.05, 4.69) is 21.0 Å². The van der Waals surface area contributed by atoms with Crippen molar-refractivity contribution in [2.75, 3.05) is 7.05 Å². The van der Waals surface area contributed by atoms with Crippen molar-refractivity contribution in [1.82, 2.24) is 14.1 Å². The number of rotatable bonds is 4. The van der Waals surface area contributed by atoms with Gasteiger partial charge in [-0.3, -0.25) is 4.68 Å². The second kappa shape index (κ2) is 5.85. The maximum atomic E-state index is 12.5. The van der Waals surface area contributed by atoms with Gasteiger partial charge < -0.3 is 0 Å². The predicted octanol–water partition coefficient (Wildman–Crippen LogP) is 2.66. The molecule has 0 bridgehead atoms. The van der Waals surface area contributed by atoms with Crippen LogP contribution in [0.15, 0.2) is 40.0 Å². The topological polar surface area (TPSA) is 55.2 Å². The molecule has 0 amide bonds. The van der Waals surface area contributed by atoms with Crippen molar-refractivity contribution >= 4 is 37.6 Å².